The minimum atomic E-state index is 0.0232. The lowest BCUT2D eigenvalue weighted by Crippen LogP contribution is -2.25. The van der Waals surface area contributed by atoms with Gasteiger partial charge in [-0.2, -0.15) is 0 Å². The largest absolute Gasteiger partial charge is 0.368 e. The van der Waals surface area contributed by atoms with Crippen LogP contribution in [0.3, 0.4) is 0 Å². The van der Waals surface area contributed by atoms with E-state index < -0.39 is 0 Å². The van der Waals surface area contributed by atoms with E-state index in [1.165, 1.54) is 18.5 Å². The van der Waals surface area contributed by atoms with E-state index in [0.29, 0.717) is 0 Å². The number of anilines is 1. The van der Waals surface area contributed by atoms with Gasteiger partial charge in [0, 0.05) is 18.6 Å². The first kappa shape index (κ1) is 10.4. The Morgan fingerprint density at radius 2 is 2.27 bits per heavy atom. The van der Waals surface area contributed by atoms with Crippen molar-refractivity contribution in [3.8, 4) is 0 Å². The van der Waals surface area contributed by atoms with Gasteiger partial charge >= 0.3 is 0 Å². The molecule has 1 heterocycles. The number of rotatable bonds is 4. The van der Waals surface area contributed by atoms with Gasteiger partial charge in [0.15, 0.2) is 0 Å². The molecule has 15 heavy (non-hydrogen) atoms. The highest BCUT2D eigenvalue weighted by Gasteiger charge is 2.28. The summed E-state index contributed by atoms with van der Waals surface area (Å²) < 4.78 is 0. The molecule has 0 amide bonds. The van der Waals surface area contributed by atoms with Gasteiger partial charge in [-0.25, -0.2) is 0 Å². The van der Waals surface area contributed by atoms with E-state index in [1.807, 2.05) is 19.2 Å². The molecule has 0 unspecified atom stereocenters. The molecule has 3 nitrogen and oxygen atoms in total. The molecule has 1 aliphatic carbocycles. The van der Waals surface area contributed by atoms with Gasteiger partial charge in [0.1, 0.15) is 0 Å². The van der Waals surface area contributed by atoms with Gasteiger partial charge in [-0.15, -0.1) is 0 Å². The monoisotopic (exact) mass is 205 g/mol. The van der Waals surface area contributed by atoms with Gasteiger partial charge in [0.05, 0.1) is 17.6 Å². The number of nitrogens with zero attached hydrogens (tertiary/aromatic N) is 2. The average molecular weight is 205 g/mol. The summed E-state index contributed by atoms with van der Waals surface area (Å²) in [6, 6.07) is 4.94. The lowest BCUT2D eigenvalue weighted by Gasteiger charge is -2.22. The lowest BCUT2D eigenvalue weighted by atomic mass is 10.2. The van der Waals surface area contributed by atoms with Gasteiger partial charge < -0.3 is 10.6 Å². The standard InChI is InChI=1S/C12H19N3/c1-3-15(10-4-5-10)11-6-7-12(9(2)13)14-8-11/h6-10H,3-5,13H2,1-2H3/t9-/m1/s1. The molecule has 0 bridgehead atoms. The zero-order valence-corrected chi connectivity index (χ0v) is 9.48. The van der Waals surface area contributed by atoms with Crippen LogP contribution >= 0.6 is 0 Å². The number of hydrogen-bond donors (Lipinski definition) is 1. The topological polar surface area (TPSA) is 42.1 Å². The Morgan fingerprint density at radius 3 is 2.67 bits per heavy atom. The van der Waals surface area contributed by atoms with Crippen molar-refractivity contribution in [1.29, 1.82) is 0 Å². The normalized spacial score (nSPS) is 17.5. The fourth-order valence-corrected chi connectivity index (χ4v) is 1.87. The van der Waals surface area contributed by atoms with E-state index in [4.69, 9.17) is 5.73 Å². The van der Waals surface area contributed by atoms with E-state index >= 15 is 0 Å². The second kappa shape index (κ2) is 4.19. The summed E-state index contributed by atoms with van der Waals surface area (Å²) in [5.41, 5.74) is 7.96. The Bertz CT molecular complexity index is 314. The Balaban J connectivity index is 2.14. The summed E-state index contributed by atoms with van der Waals surface area (Å²) in [6.07, 6.45) is 4.59. The molecule has 0 spiro atoms. The maximum Gasteiger partial charge on any atom is 0.0569 e. The molecule has 1 aliphatic rings. The quantitative estimate of drug-likeness (QED) is 0.818. The molecule has 0 aromatic carbocycles. The van der Waals surface area contributed by atoms with Crippen LogP contribution in [0.2, 0.25) is 0 Å². The highest BCUT2D eigenvalue weighted by molar-refractivity contribution is 5.47. The second-order valence-electron chi connectivity index (χ2n) is 4.25. The molecule has 1 fully saturated rings. The molecule has 1 aromatic heterocycles. The second-order valence-corrected chi connectivity index (χ2v) is 4.25. The zero-order chi connectivity index (χ0) is 10.8. The summed E-state index contributed by atoms with van der Waals surface area (Å²) in [4.78, 5) is 6.81. The molecular formula is C12H19N3. The SMILES string of the molecule is CCN(c1ccc([C@@H](C)N)nc1)C1CC1. The third-order valence-electron chi connectivity index (χ3n) is 2.90. The van der Waals surface area contributed by atoms with Gasteiger partial charge in [-0.1, -0.05) is 0 Å². The predicted molar refractivity (Wildman–Crippen MR) is 62.9 cm³/mol. The summed E-state index contributed by atoms with van der Waals surface area (Å²) in [5.74, 6) is 0. The third-order valence-corrected chi connectivity index (χ3v) is 2.90. The average Bonchev–Trinajstić information content (AvgIpc) is 3.04. The first-order valence-electron chi connectivity index (χ1n) is 5.70. The molecule has 1 aromatic rings. The predicted octanol–water partition coefficient (Wildman–Crippen LogP) is 2.09. The third kappa shape index (κ3) is 2.29. The zero-order valence-electron chi connectivity index (χ0n) is 9.48. The highest BCUT2D eigenvalue weighted by Crippen LogP contribution is 2.31. The van der Waals surface area contributed by atoms with Crippen molar-refractivity contribution in [2.75, 3.05) is 11.4 Å². The fourth-order valence-electron chi connectivity index (χ4n) is 1.87. The van der Waals surface area contributed by atoms with Gasteiger partial charge in [-0.05, 0) is 38.8 Å². The Hall–Kier alpha value is -1.09. The van der Waals surface area contributed by atoms with Crippen molar-refractivity contribution in [3.05, 3.63) is 24.0 Å². The summed E-state index contributed by atoms with van der Waals surface area (Å²) >= 11 is 0. The van der Waals surface area contributed by atoms with Crippen molar-refractivity contribution in [1.82, 2.24) is 4.98 Å². The van der Waals surface area contributed by atoms with E-state index in [-0.39, 0.29) is 6.04 Å². The Kier molecular flexibility index (Phi) is 2.91. The number of hydrogen-bond acceptors (Lipinski definition) is 3. The molecule has 0 radical (unpaired) electrons. The summed E-state index contributed by atoms with van der Waals surface area (Å²) in [6.45, 7) is 5.21. The molecule has 1 atom stereocenters. The highest BCUT2D eigenvalue weighted by atomic mass is 15.2. The molecular weight excluding hydrogens is 186 g/mol. The van der Waals surface area contributed by atoms with Crippen LogP contribution < -0.4 is 10.6 Å². The van der Waals surface area contributed by atoms with Crippen molar-refractivity contribution in [2.45, 2.75) is 38.8 Å². The fraction of sp³-hybridized carbons (Fsp3) is 0.583. The van der Waals surface area contributed by atoms with Gasteiger partial charge in [0.2, 0.25) is 0 Å². The van der Waals surface area contributed by atoms with Gasteiger partial charge in [-0.3, -0.25) is 4.98 Å². The number of nitrogens with two attached hydrogens (primary N) is 1. The van der Waals surface area contributed by atoms with Crippen LogP contribution in [0.5, 0.6) is 0 Å². The van der Waals surface area contributed by atoms with E-state index in [9.17, 15) is 0 Å². The van der Waals surface area contributed by atoms with E-state index in [1.54, 1.807) is 0 Å². The summed E-state index contributed by atoms with van der Waals surface area (Å²) in [7, 11) is 0. The van der Waals surface area contributed by atoms with Gasteiger partial charge in [0.25, 0.3) is 0 Å². The first-order chi connectivity index (χ1) is 7.22. The van der Waals surface area contributed by atoms with Crippen LogP contribution in [0.1, 0.15) is 38.4 Å². The first-order valence-corrected chi connectivity index (χ1v) is 5.70. The lowest BCUT2D eigenvalue weighted by molar-refractivity contribution is 0.773. The van der Waals surface area contributed by atoms with Crippen LogP contribution in [0, 0.1) is 0 Å². The maximum absolute atomic E-state index is 5.77. The summed E-state index contributed by atoms with van der Waals surface area (Å²) in [5, 5.41) is 0. The van der Waals surface area contributed by atoms with E-state index in [2.05, 4.69) is 22.9 Å². The number of aromatic nitrogens is 1. The Morgan fingerprint density at radius 1 is 1.53 bits per heavy atom. The van der Waals surface area contributed by atoms with Crippen molar-refractivity contribution >= 4 is 5.69 Å². The molecule has 82 valence electrons. The minimum absolute atomic E-state index is 0.0232. The van der Waals surface area contributed by atoms with Crippen LogP contribution in [0.4, 0.5) is 5.69 Å². The molecule has 2 rings (SSSR count). The molecule has 3 heteroatoms. The van der Waals surface area contributed by atoms with Crippen LogP contribution in [-0.4, -0.2) is 17.6 Å². The molecule has 0 saturated heterocycles. The van der Waals surface area contributed by atoms with Crippen molar-refractivity contribution in [2.24, 2.45) is 5.73 Å². The van der Waals surface area contributed by atoms with Crippen LogP contribution in [0.15, 0.2) is 18.3 Å². The number of pyridine rings is 1. The van der Waals surface area contributed by atoms with Crippen LogP contribution in [0.25, 0.3) is 0 Å². The molecule has 0 aliphatic heterocycles. The van der Waals surface area contributed by atoms with Crippen LogP contribution in [-0.2, 0) is 0 Å². The van der Waals surface area contributed by atoms with Crippen molar-refractivity contribution < 1.29 is 0 Å². The smallest absolute Gasteiger partial charge is 0.0569 e. The Labute approximate surface area is 91.3 Å². The molecule has 2 N–H and O–H groups in total. The van der Waals surface area contributed by atoms with Crippen molar-refractivity contribution in [3.63, 3.8) is 0 Å². The van der Waals surface area contributed by atoms with E-state index in [0.717, 1.165) is 18.3 Å². The minimum Gasteiger partial charge on any atom is -0.368 e. The maximum atomic E-state index is 5.77. The molecule has 1 saturated carbocycles.